The van der Waals surface area contributed by atoms with Crippen LogP contribution in [0.25, 0.3) is 0 Å². The maximum absolute atomic E-state index is 13.2. The molecule has 0 radical (unpaired) electrons. The van der Waals surface area contributed by atoms with E-state index < -0.39 is 0 Å². The molecule has 0 saturated heterocycles. The molecule has 0 aliphatic heterocycles. The van der Waals surface area contributed by atoms with Gasteiger partial charge in [-0.1, -0.05) is 55.5 Å². The van der Waals surface area contributed by atoms with Gasteiger partial charge in [-0.25, -0.2) is 0 Å². The number of nitriles is 1. The number of hydrogen-bond acceptors (Lipinski definition) is 9. The Balaban J connectivity index is 0.000000200. The first-order valence-electron chi connectivity index (χ1n) is 16.9. The summed E-state index contributed by atoms with van der Waals surface area (Å²) in [4.78, 5) is 51.8. The number of anilines is 4. The molecule has 0 amide bonds. The molecule has 2 aliphatic carbocycles. The lowest BCUT2D eigenvalue weighted by Crippen LogP contribution is -2.41. The van der Waals surface area contributed by atoms with Crippen molar-refractivity contribution in [2.45, 2.75) is 26.7 Å². The quantitative estimate of drug-likeness (QED) is 0.0764. The molecule has 2 aliphatic rings. The van der Waals surface area contributed by atoms with Gasteiger partial charge in [0.25, 0.3) is 0 Å². The molecule has 0 saturated carbocycles. The van der Waals surface area contributed by atoms with Gasteiger partial charge in [-0.15, -0.1) is 0 Å². The minimum atomic E-state index is -0.320. The number of rotatable bonds is 10. The van der Waals surface area contributed by atoms with Crippen LogP contribution in [-0.4, -0.2) is 74.9 Å². The van der Waals surface area contributed by atoms with Gasteiger partial charge in [0.15, 0.2) is 23.1 Å². The van der Waals surface area contributed by atoms with Gasteiger partial charge in [0.1, 0.15) is 6.07 Å². The maximum atomic E-state index is 13.2. The predicted molar refractivity (Wildman–Crippen MR) is 198 cm³/mol. The van der Waals surface area contributed by atoms with Crippen molar-refractivity contribution in [2.75, 3.05) is 69.0 Å². The summed E-state index contributed by atoms with van der Waals surface area (Å²) in [5, 5.41) is 18.7. The average molecular weight is 672 g/mol. The topological polar surface area (TPSA) is 154 Å². The summed E-state index contributed by atoms with van der Waals surface area (Å²) in [5.74, 6) is -0.762. The van der Waals surface area contributed by atoms with Crippen LogP contribution in [0.2, 0.25) is 0 Å². The molecule has 0 bridgehead atoms. The van der Waals surface area contributed by atoms with Gasteiger partial charge in [-0.05, 0) is 31.5 Å². The maximum Gasteiger partial charge on any atom is 0.196 e. The van der Waals surface area contributed by atoms with Crippen LogP contribution >= 0.6 is 0 Å². The minimum Gasteiger partial charge on any atom is -0.397 e. The van der Waals surface area contributed by atoms with Crippen molar-refractivity contribution in [3.8, 4) is 6.07 Å². The van der Waals surface area contributed by atoms with E-state index in [0.29, 0.717) is 51.3 Å². The van der Waals surface area contributed by atoms with Gasteiger partial charge in [0, 0.05) is 65.9 Å². The first kappa shape index (κ1) is 35.5. The zero-order valence-corrected chi connectivity index (χ0v) is 29.2. The van der Waals surface area contributed by atoms with Crippen molar-refractivity contribution < 1.29 is 23.7 Å². The zero-order valence-electron chi connectivity index (χ0n) is 29.2. The molecular formula is C40H43N6O4+. The van der Waals surface area contributed by atoms with E-state index in [1.54, 1.807) is 55.6 Å². The summed E-state index contributed by atoms with van der Waals surface area (Å²) in [6.45, 7) is 7.61. The fourth-order valence-corrected chi connectivity index (χ4v) is 6.77. The second kappa shape index (κ2) is 14.8. The molecule has 5 N–H and O–H groups in total. The third-order valence-electron chi connectivity index (χ3n) is 9.16. The lowest BCUT2D eigenvalue weighted by atomic mass is 9.81. The third kappa shape index (κ3) is 6.60. The summed E-state index contributed by atoms with van der Waals surface area (Å²) in [6, 6.07) is 21.0. The molecule has 10 nitrogen and oxygen atoms in total. The summed E-state index contributed by atoms with van der Waals surface area (Å²) in [7, 11) is 6.26. The van der Waals surface area contributed by atoms with E-state index in [-0.39, 0.29) is 45.5 Å². The first-order valence-corrected chi connectivity index (χ1v) is 16.9. The number of hydrogen-bond donors (Lipinski definition) is 4. The number of nitrogens with one attached hydrogen (secondary N) is 3. The summed E-state index contributed by atoms with van der Waals surface area (Å²) < 4.78 is 0.986. The second-order valence-electron chi connectivity index (χ2n) is 13.0. The SMILES string of the molecule is CCC[N+](C)(C)CCCNc1ccc(NC)c2c1C(=O)c1ccccc1C2=O.CCNc1cc(C#N)c(N)c2c1C(=O)c1ccccc1C2=O. The van der Waals surface area contributed by atoms with Crippen molar-refractivity contribution >= 4 is 45.9 Å². The molecule has 0 fully saturated rings. The molecule has 0 heterocycles. The number of benzene rings is 4. The van der Waals surface area contributed by atoms with Crippen LogP contribution in [0.1, 0.15) is 95.9 Å². The average Bonchev–Trinajstić information content (AvgIpc) is 3.12. The van der Waals surface area contributed by atoms with Crippen LogP contribution in [0.3, 0.4) is 0 Å². The van der Waals surface area contributed by atoms with E-state index in [1.165, 1.54) is 6.07 Å². The van der Waals surface area contributed by atoms with E-state index in [2.05, 4.69) is 37.0 Å². The Bertz CT molecular complexity index is 2060. The highest BCUT2D eigenvalue weighted by Gasteiger charge is 2.35. The van der Waals surface area contributed by atoms with Gasteiger partial charge < -0.3 is 26.2 Å². The predicted octanol–water partition coefficient (Wildman–Crippen LogP) is 6.14. The molecule has 256 valence electrons. The molecule has 6 rings (SSSR count). The third-order valence-corrected chi connectivity index (χ3v) is 9.16. The molecule has 4 aromatic rings. The second-order valence-corrected chi connectivity index (χ2v) is 13.0. The van der Waals surface area contributed by atoms with Crippen molar-refractivity contribution in [3.05, 3.63) is 117 Å². The zero-order chi connectivity index (χ0) is 36.2. The van der Waals surface area contributed by atoms with Crippen molar-refractivity contribution in [1.82, 2.24) is 0 Å². The number of ketones is 4. The highest BCUT2D eigenvalue weighted by Crippen LogP contribution is 2.38. The van der Waals surface area contributed by atoms with Crippen LogP contribution in [0.4, 0.5) is 22.7 Å². The number of carbonyl (C=O) groups excluding carboxylic acids is 4. The van der Waals surface area contributed by atoms with Gasteiger partial charge in [-0.3, -0.25) is 19.2 Å². The number of quaternary nitrogens is 1. The highest BCUT2D eigenvalue weighted by atomic mass is 16.1. The Labute approximate surface area is 292 Å². The highest BCUT2D eigenvalue weighted by molar-refractivity contribution is 6.33. The Hall–Kier alpha value is -5.79. The lowest BCUT2D eigenvalue weighted by molar-refractivity contribution is -0.890. The van der Waals surface area contributed by atoms with Crippen molar-refractivity contribution in [1.29, 1.82) is 5.26 Å². The number of nitrogens with two attached hydrogens (primary N) is 1. The number of carbonyl (C=O) groups is 4. The molecule has 0 spiro atoms. The number of fused-ring (bicyclic) bond motifs is 4. The standard InChI is InChI=1S/C23H29N3O2.C17H13N3O2/c1-5-14-26(3,4)15-8-13-25-19-12-11-18(24-2)20-21(19)23(28)17-10-7-6-9-16(17)22(20)27;1-2-20-12-7-9(8-18)15(19)14-13(12)16(21)10-5-3-4-6-11(10)17(14)22/h6-7,9-12H,5,8,13-15H2,1-4H3,(H-,24,25,27,28);3-7,20H,2,19H2,1H3/p+1. The molecule has 0 aromatic heterocycles. The molecular weight excluding hydrogens is 628 g/mol. The van der Waals surface area contributed by atoms with E-state index >= 15 is 0 Å². The van der Waals surface area contributed by atoms with Crippen molar-refractivity contribution in [2.24, 2.45) is 0 Å². The van der Waals surface area contributed by atoms with Crippen LogP contribution < -0.4 is 21.7 Å². The molecule has 4 aromatic carbocycles. The van der Waals surface area contributed by atoms with Gasteiger partial charge in [0.2, 0.25) is 0 Å². The first-order chi connectivity index (χ1) is 24.0. The van der Waals surface area contributed by atoms with E-state index in [1.807, 2.05) is 25.1 Å². The minimum absolute atomic E-state index is 0.0620. The Morgan fingerprint density at radius 3 is 1.64 bits per heavy atom. The van der Waals surface area contributed by atoms with Crippen molar-refractivity contribution in [3.63, 3.8) is 0 Å². The molecule has 50 heavy (non-hydrogen) atoms. The Morgan fingerprint density at radius 2 is 1.16 bits per heavy atom. The lowest BCUT2D eigenvalue weighted by Gasteiger charge is -2.29. The fourth-order valence-electron chi connectivity index (χ4n) is 6.77. The summed E-state index contributed by atoms with van der Waals surface area (Å²) in [5.41, 5.74) is 11.1. The number of nitrogens with zero attached hydrogens (tertiary/aromatic N) is 2. The monoisotopic (exact) mass is 671 g/mol. The van der Waals surface area contributed by atoms with Gasteiger partial charge >= 0.3 is 0 Å². The van der Waals surface area contributed by atoms with Crippen LogP contribution in [0, 0.1) is 11.3 Å². The van der Waals surface area contributed by atoms with Gasteiger partial charge in [-0.2, -0.15) is 5.26 Å². The summed E-state index contributed by atoms with van der Waals surface area (Å²) >= 11 is 0. The van der Waals surface area contributed by atoms with E-state index in [9.17, 15) is 24.4 Å². The van der Waals surface area contributed by atoms with E-state index in [4.69, 9.17) is 5.73 Å². The van der Waals surface area contributed by atoms with Crippen LogP contribution in [0.15, 0.2) is 66.7 Å². The van der Waals surface area contributed by atoms with Crippen LogP contribution in [0.5, 0.6) is 0 Å². The fraction of sp³-hybridized carbons (Fsp3) is 0.275. The van der Waals surface area contributed by atoms with E-state index in [0.717, 1.165) is 42.6 Å². The van der Waals surface area contributed by atoms with Gasteiger partial charge in [0.05, 0.1) is 60.7 Å². The molecule has 10 heteroatoms. The normalized spacial score (nSPS) is 12.8. The summed E-state index contributed by atoms with van der Waals surface area (Å²) in [6.07, 6.45) is 2.16. The van der Waals surface area contributed by atoms with Crippen LogP contribution in [-0.2, 0) is 0 Å². The largest absolute Gasteiger partial charge is 0.397 e. The Kier molecular flexibility index (Phi) is 10.5. The Morgan fingerprint density at radius 1 is 0.680 bits per heavy atom. The molecule has 0 atom stereocenters. The number of nitrogen functional groups attached to an aromatic ring is 1. The smallest absolute Gasteiger partial charge is 0.196 e. The molecule has 0 unspecified atom stereocenters.